The lowest BCUT2D eigenvalue weighted by atomic mass is 9.98. The van der Waals surface area contributed by atoms with Crippen LogP contribution in [-0.2, 0) is 0 Å². The van der Waals surface area contributed by atoms with Crippen LogP contribution >= 0.6 is 0 Å². The number of nitrogens with zero attached hydrogens (tertiary/aromatic N) is 2. The molecule has 8 nitrogen and oxygen atoms in total. The zero-order chi connectivity index (χ0) is 25.2. The lowest BCUT2D eigenvalue weighted by molar-refractivity contribution is 1.43. The zero-order valence-electron chi connectivity index (χ0n) is 19.1. The van der Waals surface area contributed by atoms with Crippen molar-refractivity contribution in [3.63, 3.8) is 0 Å². The Hall–Kier alpha value is -5.50. The van der Waals surface area contributed by atoms with E-state index in [9.17, 15) is 19.2 Å². The van der Waals surface area contributed by atoms with Gasteiger partial charge in [0.05, 0.1) is 82.1 Å². The van der Waals surface area contributed by atoms with Crippen molar-refractivity contribution in [2.45, 2.75) is 0 Å². The fraction of sp³-hybridized carbons (Fsp3) is 0. The third-order valence-electron chi connectivity index (χ3n) is 8.19. The maximum atomic E-state index is 13.5. The summed E-state index contributed by atoms with van der Waals surface area (Å²) < 4.78 is 0. The van der Waals surface area contributed by atoms with Crippen LogP contribution in [-0.4, -0.2) is 19.9 Å². The van der Waals surface area contributed by atoms with Gasteiger partial charge in [-0.25, -0.2) is 9.97 Å². The van der Waals surface area contributed by atoms with Crippen LogP contribution in [0.4, 0.5) is 0 Å². The molecule has 8 bridgehead atoms. The standard InChI is InChI=1S/C30H10N4O4/c35-27-13-8-11-6-10-7-12(9-4-2-1-3-5-9)21(31-10)19-24-16(29(19)37)17-26(34-24)20(30(17)38)25-15-14(28(15)36)23(33-25)18(27)22(13)32-11/h1-8,31H,(H,33,36). The Morgan fingerprint density at radius 2 is 1.18 bits per heavy atom. The van der Waals surface area contributed by atoms with Crippen LogP contribution in [0.1, 0.15) is 0 Å². The van der Waals surface area contributed by atoms with Crippen LogP contribution in [0, 0.1) is 0 Å². The molecule has 10 rings (SSSR count). The molecular weight excluding hydrogens is 480 g/mol. The molecule has 4 aromatic carbocycles. The maximum Gasteiger partial charge on any atom is 0.200 e. The molecule has 8 heteroatoms. The Balaban J connectivity index is 1.50. The van der Waals surface area contributed by atoms with Gasteiger partial charge in [-0.3, -0.25) is 19.2 Å². The van der Waals surface area contributed by atoms with Gasteiger partial charge in [-0.15, -0.1) is 0 Å². The first-order chi connectivity index (χ1) is 18.5. The van der Waals surface area contributed by atoms with Crippen LogP contribution < -0.4 is 21.7 Å². The minimum absolute atomic E-state index is 0.187. The second-order valence-electron chi connectivity index (χ2n) is 10.1. The summed E-state index contributed by atoms with van der Waals surface area (Å²) in [7, 11) is 0. The monoisotopic (exact) mass is 490 g/mol. The molecule has 0 radical (unpaired) electrons. The quantitative estimate of drug-likeness (QED) is 0.358. The molecule has 0 atom stereocenters. The highest BCUT2D eigenvalue weighted by atomic mass is 16.1. The van der Waals surface area contributed by atoms with Crippen molar-refractivity contribution in [1.82, 2.24) is 19.9 Å². The van der Waals surface area contributed by atoms with Gasteiger partial charge in [0.2, 0.25) is 0 Å². The molecular formula is C30H10N4O4. The first-order valence-corrected chi connectivity index (χ1v) is 12.1. The summed E-state index contributed by atoms with van der Waals surface area (Å²) in [4.78, 5) is 68.5. The molecule has 174 valence electrons. The molecule has 0 spiro atoms. The minimum Gasteiger partial charge on any atom is -0.354 e. The van der Waals surface area contributed by atoms with E-state index >= 15 is 0 Å². The Labute approximate surface area is 208 Å². The first kappa shape index (κ1) is 18.7. The minimum atomic E-state index is -0.316. The number of nitrogens with one attached hydrogen (secondary N) is 2. The third kappa shape index (κ3) is 1.83. The number of hydrogen-bond acceptors (Lipinski definition) is 6. The number of hydrogen-bond donors (Lipinski definition) is 2. The predicted molar refractivity (Wildman–Crippen MR) is 148 cm³/mol. The van der Waals surface area contributed by atoms with E-state index in [1.54, 1.807) is 6.07 Å². The number of aromatic nitrogens is 4. The summed E-state index contributed by atoms with van der Waals surface area (Å²) in [6.45, 7) is 0. The van der Waals surface area contributed by atoms with E-state index < -0.39 is 0 Å². The molecule has 38 heavy (non-hydrogen) atoms. The fourth-order valence-electron chi connectivity index (χ4n) is 6.38. The Morgan fingerprint density at radius 1 is 0.526 bits per heavy atom. The predicted octanol–water partition coefficient (Wildman–Crippen LogP) is 4.04. The Morgan fingerprint density at radius 3 is 1.92 bits per heavy atom. The van der Waals surface area contributed by atoms with E-state index in [2.05, 4.69) is 15.0 Å². The topological polar surface area (TPSA) is 126 Å². The molecule has 0 fully saturated rings. The smallest absolute Gasteiger partial charge is 0.200 e. The molecule has 2 aliphatic rings. The summed E-state index contributed by atoms with van der Waals surface area (Å²) >= 11 is 0. The van der Waals surface area contributed by atoms with Crippen molar-refractivity contribution in [1.29, 1.82) is 0 Å². The highest BCUT2D eigenvalue weighted by molar-refractivity contribution is 6.34. The average molecular weight is 490 g/mol. The third-order valence-corrected chi connectivity index (χ3v) is 8.19. The SMILES string of the molecule is O=c1c2cc3cc4cc(-c5ccccc5)c([nH]4)c4c(=O)c5c4nc4c(c(=O)c45)c4[nH]c(c1c-2n3)c1c(=O)c41. The van der Waals surface area contributed by atoms with Crippen LogP contribution in [0.2, 0.25) is 0 Å². The van der Waals surface area contributed by atoms with E-state index in [1.807, 2.05) is 42.5 Å². The molecule has 4 aromatic heterocycles. The van der Waals surface area contributed by atoms with Crippen molar-refractivity contribution in [2.24, 2.45) is 0 Å². The second-order valence-corrected chi connectivity index (χ2v) is 10.1. The van der Waals surface area contributed by atoms with E-state index in [0.717, 1.165) is 11.1 Å². The van der Waals surface area contributed by atoms with Crippen LogP contribution in [0.15, 0.2) is 67.7 Å². The van der Waals surface area contributed by atoms with Crippen molar-refractivity contribution < 1.29 is 0 Å². The summed E-state index contributed by atoms with van der Waals surface area (Å²) in [5.41, 5.74) is 5.45. The average Bonchev–Trinajstić information content (AvgIpc) is 3.31. The van der Waals surface area contributed by atoms with Gasteiger partial charge in [0.25, 0.3) is 0 Å². The zero-order valence-corrected chi connectivity index (χ0v) is 19.1. The van der Waals surface area contributed by atoms with Crippen molar-refractivity contribution in [3.8, 4) is 22.4 Å². The van der Waals surface area contributed by atoms with Crippen LogP contribution in [0.25, 0.3) is 98.7 Å². The fourth-order valence-corrected chi connectivity index (χ4v) is 6.38. The van der Waals surface area contributed by atoms with Gasteiger partial charge in [-0.1, -0.05) is 30.3 Å². The van der Waals surface area contributed by atoms with E-state index in [4.69, 9.17) is 4.98 Å². The first-order valence-electron chi connectivity index (χ1n) is 12.1. The Kier molecular flexibility index (Phi) is 2.75. The second kappa shape index (κ2) is 5.57. The molecule has 5 heterocycles. The van der Waals surface area contributed by atoms with Gasteiger partial charge >= 0.3 is 0 Å². The van der Waals surface area contributed by atoms with Crippen molar-refractivity contribution in [2.75, 3.05) is 0 Å². The maximum absolute atomic E-state index is 13.5. The van der Waals surface area contributed by atoms with Gasteiger partial charge < -0.3 is 9.97 Å². The summed E-state index contributed by atoms with van der Waals surface area (Å²) in [6.07, 6.45) is 0. The highest BCUT2D eigenvalue weighted by Crippen LogP contribution is 2.41. The van der Waals surface area contributed by atoms with Crippen molar-refractivity contribution in [3.05, 3.63) is 89.4 Å². The lowest BCUT2D eigenvalue weighted by Gasteiger charge is -2.03. The summed E-state index contributed by atoms with van der Waals surface area (Å²) in [6, 6.07) is 15.2. The molecule has 8 aromatic rings. The van der Waals surface area contributed by atoms with E-state index in [1.165, 1.54) is 0 Å². The number of aromatic amines is 2. The van der Waals surface area contributed by atoms with Crippen LogP contribution in [0.3, 0.4) is 0 Å². The van der Waals surface area contributed by atoms with Crippen LogP contribution in [0.5, 0.6) is 0 Å². The lowest BCUT2D eigenvalue weighted by Crippen LogP contribution is -2.13. The normalized spacial score (nSPS) is 13.2. The number of pyridine rings is 1. The number of benzene rings is 1. The van der Waals surface area contributed by atoms with Gasteiger partial charge in [0, 0.05) is 11.1 Å². The van der Waals surface area contributed by atoms with E-state index in [0.29, 0.717) is 82.2 Å². The largest absolute Gasteiger partial charge is 0.354 e. The molecule has 0 unspecified atom stereocenters. The molecule has 0 amide bonds. The number of H-pyrrole nitrogens is 2. The molecule has 1 aliphatic heterocycles. The highest BCUT2D eigenvalue weighted by Gasteiger charge is 2.33. The summed E-state index contributed by atoms with van der Waals surface area (Å²) in [5, 5.41) is 2.55. The van der Waals surface area contributed by atoms with Gasteiger partial charge in [-0.2, -0.15) is 0 Å². The van der Waals surface area contributed by atoms with Gasteiger partial charge in [0.15, 0.2) is 21.7 Å². The summed E-state index contributed by atoms with van der Waals surface area (Å²) in [5.74, 6) is 0. The number of fused-ring (bicyclic) bond motifs is 12. The van der Waals surface area contributed by atoms with Gasteiger partial charge in [0.1, 0.15) is 0 Å². The van der Waals surface area contributed by atoms with Crippen molar-refractivity contribution >= 4 is 76.3 Å². The molecule has 1 aliphatic carbocycles. The Bertz CT molecular complexity index is 2800. The van der Waals surface area contributed by atoms with E-state index in [-0.39, 0.29) is 27.1 Å². The molecule has 0 saturated carbocycles. The number of rotatable bonds is 1. The molecule has 0 saturated heterocycles. The van der Waals surface area contributed by atoms with Gasteiger partial charge in [-0.05, 0) is 23.8 Å². The molecule has 2 N–H and O–H groups in total.